The SMILES string of the molecule is CS(=O)(=O)N1CCN(CC(=O)NCC2(c3ccccc3)CC2)CC1. The third-order valence-electron chi connectivity index (χ3n) is 5.03. The molecular weight excluding hydrogens is 326 g/mol. The number of rotatable bonds is 6. The molecule has 2 fully saturated rings. The van der Waals surface area contributed by atoms with E-state index in [-0.39, 0.29) is 11.3 Å². The zero-order valence-electron chi connectivity index (χ0n) is 14.1. The minimum atomic E-state index is -3.12. The van der Waals surface area contributed by atoms with Gasteiger partial charge in [-0.2, -0.15) is 4.31 Å². The standard InChI is InChI=1S/C17H25N3O3S/c1-24(22,23)20-11-9-19(10-12-20)13-16(21)18-14-17(7-8-17)15-5-3-2-4-6-15/h2-6H,7-14H2,1H3,(H,18,21). The van der Waals surface area contributed by atoms with Crippen molar-refractivity contribution in [2.45, 2.75) is 18.3 Å². The van der Waals surface area contributed by atoms with E-state index in [1.807, 2.05) is 23.1 Å². The molecule has 0 unspecified atom stereocenters. The molecule has 0 aromatic heterocycles. The number of sulfonamides is 1. The van der Waals surface area contributed by atoms with Crippen molar-refractivity contribution >= 4 is 15.9 Å². The minimum absolute atomic E-state index is 0.0185. The van der Waals surface area contributed by atoms with Crippen molar-refractivity contribution in [2.24, 2.45) is 0 Å². The van der Waals surface area contributed by atoms with Gasteiger partial charge in [-0.05, 0) is 18.4 Å². The summed E-state index contributed by atoms with van der Waals surface area (Å²) in [4.78, 5) is 14.2. The van der Waals surface area contributed by atoms with Gasteiger partial charge < -0.3 is 5.32 Å². The highest BCUT2D eigenvalue weighted by Gasteiger charge is 2.44. The first-order valence-corrected chi connectivity index (χ1v) is 10.2. The second kappa shape index (κ2) is 6.82. The van der Waals surface area contributed by atoms with Crippen LogP contribution in [0, 0.1) is 0 Å². The smallest absolute Gasteiger partial charge is 0.234 e. The third-order valence-corrected chi connectivity index (χ3v) is 6.33. The second-order valence-corrected chi connectivity index (χ2v) is 8.84. The van der Waals surface area contributed by atoms with Crippen molar-refractivity contribution in [3.8, 4) is 0 Å². The average Bonchev–Trinajstić information content (AvgIpc) is 3.35. The van der Waals surface area contributed by atoms with Crippen molar-refractivity contribution in [3.63, 3.8) is 0 Å². The molecule has 0 atom stereocenters. The average molecular weight is 351 g/mol. The summed E-state index contributed by atoms with van der Waals surface area (Å²) in [6.07, 6.45) is 3.46. The highest BCUT2D eigenvalue weighted by molar-refractivity contribution is 7.88. The Morgan fingerprint density at radius 3 is 2.29 bits per heavy atom. The van der Waals surface area contributed by atoms with Crippen LogP contribution in [0.5, 0.6) is 0 Å². The van der Waals surface area contributed by atoms with Crippen LogP contribution in [-0.2, 0) is 20.2 Å². The summed E-state index contributed by atoms with van der Waals surface area (Å²) in [5.41, 5.74) is 1.42. The number of piperazine rings is 1. The normalized spacial score (nSPS) is 21.4. The number of benzene rings is 1. The molecule has 24 heavy (non-hydrogen) atoms. The van der Waals surface area contributed by atoms with Crippen LogP contribution in [-0.4, -0.2) is 69.1 Å². The molecular formula is C17H25N3O3S. The lowest BCUT2D eigenvalue weighted by Crippen LogP contribution is -2.51. The molecule has 3 rings (SSSR count). The van der Waals surface area contributed by atoms with E-state index in [0.29, 0.717) is 39.3 Å². The van der Waals surface area contributed by atoms with Crippen LogP contribution in [0.15, 0.2) is 30.3 Å². The quantitative estimate of drug-likeness (QED) is 0.806. The number of nitrogens with one attached hydrogen (secondary N) is 1. The summed E-state index contributed by atoms with van der Waals surface area (Å²) < 4.78 is 24.5. The molecule has 1 heterocycles. The Kier molecular flexibility index (Phi) is 4.94. The van der Waals surface area contributed by atoms with Crippen molar-refractivity contribution in [1.29, 1.82) is 0 Å². The molecule has 1 N–H and O–H groups in total. The predicted molar refractivity (Wildman–Crippen MR) is 93.2 cm³/mol. The molecule has 1 aromatic carbocycles. The molecule has 7 heteroatoms. The van der Waals surface area contributed by atoms with E-state index in [1.54, 1.807) is 0 Å². The largest absolute Gasteiger partial charge is 0.354 e. The van der Waals surface area contributed by atoms with Gasteiger partial charge in [0.1, 0.15) is 0 Å². The molecule has 1 saturated carbocycles. The van der Waals surface area contributed by atoms with Gasteiger partial charge in [0.15, 0.2) is 0 Å². The monoisotopic (exact) mass is 351 g/mol. The fourth-order valence-electron chi connectivity index (χ4n) is 3.26. The Hall–Kier alpha value is -1.44. The van der Waals surface area contributed by atoms with E-state index >= 15 is 0 Å². The van der Waals surface area contributed by atoms with Crippen molar-refractivity contribution in [3.05, 3.63) is 35.9 Å². The van der Waals surface area contributed by atoms with E-state index in [2.05, 4.69) is 17.4 Å². The Morgan fingerprint density at radius 1 is 1.12 bits per heavy atom. The Bertz CT molecular complexity index is 678. The van der Waals surface area contributed by atoms with E-state index in [4.69, 9.17) is 0 Å². The van der Waals surface area contributed by atoms with Crippen molar-refractivity contribution in [2.75, 3.05) is 45.5 Å². The number of carbonyl (C=O) groups is 1. The first kappa shape index (κ1) is 17.4. The number of carbonyl (C=O) groups excluding carboxylic acids is 1. The highest BCUT2D eigenvalue weighted by atomic mass is 32.2. The minimum Gasteiger partial charge on any atom is -0.354 e. The van der Waals surface area contributed by atoms with Gasteiger partial charge in [-0.1, -0.05) is 30.3 Å². The number of hydrogen-bond acceptors (Lipinski definition) is 4. The van der Waals surface area contributed by atoms with Crippen LogP contribution < -0.4 is 5.32 Å². The van der Waals surface area contributed by atoms with Crippen LogP contribution in [0.2, 0.25) is 0 Å². The van der Waals surface area contributed by atoms with Gasteiger partial charge in [0.05, 0.1) is 12.8 Å². The number of amides is 1. The molecule has 1 aromatic rings. The fourth-order valence-corrected chi connectivity index (χ4v) is 4.08. The lowest BCUT2D eigenvalue weighted by Gasteiger charge is -2.32. The summed E-state index contributed by atoms with van der Waals surface area (Å²) in [5.74, 6) is 0.0185. The van der Waals surface area contributed by atoms with Gasteiger partial charge >= 0.3 is 0 Å². The molecule has 2 aliphatic rings. The van der Waals surface area contributed by atoms with Crippen LogP contribution in [0.1, 0.15) is 18.4 Å². The molecule has 0 bridgehead atoms. The first-order valence-electron chi connectivity index (χ1n) is 8.39. The molecule has 132 valence electrons. The molecule has 1 aliphatic heterocycles. The predicted octanol–water partition coefficient (Wildman–Crippen LogP) is 0.412. The first-order chi connectivity index (χ1) is 11.4. The van der Waals surface area contributed by atoms with Gasteiger partial charge in [0, 0.05) is 38.1 Å². The van der Waals surface area contributed by atoms with Crippen LogP contribution in [0.25, 0.3) is 0 Å². The maximum absolute atomic E-state index is 12.2. The molecule has 6 nitrogen and oxygen atoms in total. The summed E-state index contributed by atoms with van der Waals surface area (Å²) in [7, 11) is -3.12. The van der Waals surface area contributed by atoms with Crippen LogP contribution in [0.3, 0.4) is 0 Å². The Balaban J connectivity index is 1.44. The number of nitrogens with zero attached hydrogens (tertiary/aromatic N) is 2. The zero-order valence-corrected chi connectivity index (χ0v) is 14.9. The molecule has 1 aliphatic carbocycles. The van der Waals surface area contributed by atoms with Crippen molar-refractivity contribution < 1.29 is 13.2 Å². The summed E-state index contributed by atoms with van der Waals surface area (Å²) in [6.45, 7) is 3.14. The van der Waals surface area contributed by atoms with Gasteiger partial charge in [0.2, 0.25) is 15.9 Å². The molecule has 0 spiro atoms. The maximum atomic E-state index is 12.2. The number of hydrogen-bond donors (Lipinski definition) is 1. The highest BCUT2D eigenvalue weighted by Crippen LogP contribution is 2.47. The lowest BCUT2D eigenvalue weighted by molar-refractivity contribution is -0.122. The van der Waals surface area contributed by atoms with Gasteiger partial charge in [-0.25, -0.2) is 8.42 Å². The lowest BCUT2D eigenvalue weighted by atomic mass is 9.96. The van der Waals surface area contributed by atoms with E-state index < -0.39 is 10.0 Å². The van der Waals surface area contributed by atoms with Crippen LogP contribution >= 0.6 is 0 Å². The van der Waals surface area contributed by atoms with Gasteiger partial charge in [0.25, 0.3) is 0 Å². The fraction of sp³-hybridized carbons (Fsp3) is 0.588. The second-order valence-electron chi connectivity index (χ2n) is 6.86. The molecule has 0 radical (unpaired) electrons. The van der Waals surface area contributed by atoms with Gasteiger partial charge in [-0.15, -0.1) is 0 Å². The maximum Gasteiger partial charge on any atom is 0.234 e. The van der Waals surface area contributed by atoms with E-state index in [1.165, 1.54) is 16.1 Å². The van der Waals surface area contributed by atoms with Gasteiger partial charge in [-0.3, -0.25) is 9.69 Å². The van der Waals surface area contributed by atoms with Crippen molar-refractivity contribution in [1.82, 2.24) is 14.5 Å². The third kappa shape index (κ3) is 4.15. The summed E-state index contributed by atoms with van der Waals surface area (Å²) in [5, 5.41) is 3.06. The van der Waals surface area contributed by atoms with E-state index in [9.17, 15) is 13.2 Å². The Labute approximate surface area is 143 Å². The topological polar surface area (TPSA) is 69.7 Å². The molecule has 1 saturated heterocycles. The van der Waals surface area contributed by atoms with E-state index in [0.717, 1.165) is 12.8 Å². The molecule has 1 amide bonds. The summed E-state index contributed by atoms with van der Waals surface area (Å²) >= 11 is 0. The summed E-state index contributed by atoms with van der Waals surface area (Å²) in [6, 6.07) is 10.3. The zero-order chi connectivity index (χ0) is 17.2. The van der Waals surface area contributed by atoms with Crippen LogP contribution in [0.4, 0.5) is 0 Å². The Morgan fingerprint density at radius 2 is 1.75 bits per heavy atom.